The normalized spacial score (nSPS) is 15.1. The van der Waals surface area contributed by atoms with Crippen LogP contribution in [0.25, 0.3) is 0 Å². The molecule has 0 bridgehead atoms. The molecule has 0 heterocycles. The highest BCUT2D eigenvalue weighted by Crippen LogP contribution is 2.01. The minimum atomic E-state index is -4.55. The van der Waals surface area contributed by atoms with Crippen LogP contribution in [-0.4, -0.2) is 31.9 Å². The second-order valence-corrected chi connectivity index (χ2v) is 3.95. The van der Waals surface area contributed by atoms with Gasteiger partial charge in [0.15, 0.2) is 0 Å². The van der Waals surface area contributed by atoms with Crippen LogP contribution in [0.5, 0.6) is 0 Å². The Kier molecular flexibility index (Phi) is 4.58. The number of nitrogens with one attached hydrogen (secondary N) is 1. The second kappa shape index (κ2) is 4.68. The lowest BCUT2D eigenvalue weighted by Gasteiger charge is -2.08. The Morgan fingerprint density at radius 1 is 1.50 bits per heavy atom. The van der Waals surface area contributed by atoms with Crippen molar-refractivity contribution >= 4 is 10.0 Å². The summed E-state index contributed by atoms with van der Waals surface area (Å²) in [7, 11) is -4.55. The van der Waals surface area contributed by atoms with E-state index in [1.54, 1.807) is 11.6 Å². The topological polar surface area (TPSA) is 66.4 Å². The number of rotatable bonds is 5. The van der Waals surface area contributed by atoms with Gasteiger partial charge >= 0.3 is 5.76 Å². The Morgan fingerprint density at radius 2 is 2.00 bits per heavy atom. The van der Waals surface area contributed by atoms with E-state index in [1.165, 1.54) is 0 Å². The summed E-state index contributed by atoms with van der Waals surface area (Å²) in [5.74, 6) is -3.44. The molecule has 0 fully saturated rings. The van der Waals surface area contributed by atoms with Gasteiger partial charge in [0.05, 0.1) is 6.10 Å². The minimum absolute atomic E-state index is 0.311. The Hall–Kier alpha value is -0.270. The van der Waals surface area contributed by atoms with Gasteiger partial charge in [-0.15, -0.1) is 0 Å². The molecule has 0 aliphatic carbocycles. The van der Waals surface area contributed by atoms with Gasteiger partial charge in [0.1, 0.15) is 0 Å². The molecule has 0 radical (unpaired) electrons. The molecule has 0 aromatic carbocycles. The quantitative estimate of drug-likeness (QED) is 0.655. The summed E-state index contributed by atoms with van der Waals surface area (Å²) >= 11 is 0. The first-order valence-corrected chi connectivity index (χ1v) is 4.89. The summed E-state index contributed by atoms with van der Waals surface area (Å²) < 4.78 is 45.6. The first kappa shape index (κ1) is 11.7. The summed E-state index contributed by atoms with van der Waals surface area (Å²) in [6.45, 7) is 1.24. The predicted octanol–water partition coefficient (Wildman–Crippen LogP) is -0.101. The first-order valence-electron chi connectivity index (χ1n) is 3.34. The van der Waals surface area contributed by atoms with Gasteiger partial charge in [-0.3, -0.25) is 0 Å². The zero-order valence-corrected chi connectivity index (χ0v) is 7.31. The third-order valence-corrected chi connectivity index (χ3v) is 2.26. The molecule has 0 aromatic rings. The lowest BCUT2D eigenvalue weighted by Crippen LogP contribution is -2.35. The number of alkyl halides is 2. The van der Waals surface area contributed by atoms with Crippen LogP contribution in [0, 0.1) is 0 Å². The molecule has 0 spiro atoms. The summed E-state index contributed by atoms with van der Waals surface area (Å²) in [6.07, 6.45) is -0.607. The van der Waals surface area contributed by atoms with Crippen LogP contribution in [0.15, 0.2) is 0 Å². The monoisotopic (exact) mass is 203 g/mol. The van der Waals surface area contributed by atoms with Crippen LogP contribution < -0.4 is 4.72 Å². The number of halogens is 2. The van der Waals surface area contributed by atoms with Crippen molar-refractivity contribution in [2.24, 2.45) is 0 Å². The highest BCUT2D eigenvalue weighted by Gasteiger charge is 2.23. The van der Waals surface area contributed by atoms with Crippen molar-refractivity contribution in [1.29, 1.82) is 0 Å². The van der Waals surface area contributed by atoms with Gasteiger partial charge in [-0.05, 0) is 6.42 Å². The Labute approximate surface area is 69.6 Å². The van der Waals surface area contributed by atoms with Crippen LogP contribution in [0.4, 0.5) is 8.78 Å². The zero-order chi connectivity index (χ0) is 9.78. The molecular weight excluding hydrogens is 192 g/mol. The maximum absolute atomic E-state index is 11.6. The molecule has 0 aromatic heterocycles. The van der Waals surface area contributed by atoms with Gasteiger partial charge < -0.3 is 5.11 Å². The molecule has 0 rings (SSSR count). The van der Waals surface area contributed by atoms with Gasteiger partial charge in [0.25, 0.3) is 10.0 Å². The van der Waals surface area contributed by atoms with E-state index < -0.39 is 21.9 Å². The molecule has 74 valence electrons. The van der Waals surface area contributed by atoms with E-state index in [-0.39, 0.29) is 6.54 Å². The Morgan fingerprint density at radius 3 is 2.33 bits per heavy atom. The lowest BCUT2D eigenvalue weighted by atomic mass is 10.3. The largest absolute Gasteiger partial charge is 0.392 e. The van der Waals surface area contributed by atoms with E-state index in [1.807, 2.05) is 0 Å². The Bertz CT molecular complexity index is 217. The molecule has 0 aliphatic heterocycles. The maximum Gasteiger partial charge on any atom is 0.350 e. The van der Waals surface area contributed by atoms with Crippen LogP contribution in [-0.2, 0) is 10.0 Å². The van der Waals surface area contributed by atoms with E-state index in [0.29, 0.717) is 6.42 Å². The fraction of sp³-hybridized carbons (Fsp3) is 1.00. The third kappa shape index (κ3) is 3.93. The average molecular weight is 203 g/mol. The SMILES string of the molecule is CCC(O)CNS(=O)(=O)C(F)F. The van der Waals surface area contributed by atoms with Crippen molar-refractivity contribution in [1.82, 2.24) is 4.72 Å². The summed E-state index contributed by atoms with van der Waals surface area (Å²) in [5, 5.41) is 8.83. The molecule has 4 nitrogen and oxygen atoms in total. The molecule has 0 amide bonds. The lowest BCUT2D eigenvalue weighted by molar-refractivity contribution is 0.172. The number of hydrogen-bond donors (Lipinski definition) is 2. The first-order chi connectivity index (χ1) is 5.40. The van der Waals surface area contributed by atoms with Gasteiger partial charge in [-0.25, -0.2) is 13.1 Å². The van der Waals surface area contributed by atoms with E-state index in [2.05, 4.69) is 0 Å². The second-order valence-electron chi connectivity index (χ2n) is 2.22. The van der Waals surface area contributed by atoms with E-state index >= 15 is 0 Å². The number of aliphatic hydroxyl groups excluding tert-OH is 1. The van der Waals surface area contributed by atoms with Crippen LogP contribution >= 0.6 is 0 Å². The molecule has 7 heteroatoms. The van der Waals surface area contributed by atoms with Gasteiger partial charge in [0, 0.05) is 6.54 Å². The molecule has 0 saturated carbocycles. The van der Waals surface area contributed by atoms with Crippen molar-refractivity contribution in [3.8, 4) is 0 Å². The molecule has 1 unspecified atom stereocenters. The van der Waals surface area contributed by atoms with E-state index in [9.17, 15) is 17.2 Å². The zero-order valence-electron chi connectivity index (χ0n) is 6.50. The van der Waals surface area contributed by atoms with Crippen molar-refractivity contribution < 1.29 is 22.3 Å². The summed E-state index contributed by atoms with van der Waals surface area (Å²) in [6, 6.07) is 0. The van der Waals surface area contributed by atoms with Crippen molar-refractivity contribution in [3.63, 3.8) is 0 Å². The number of hydrogen-bond acceptors (Lipinski definition) is 3. The molecule has 12 heavy (non-hydrogen) atoms. The summed E-state index contributed by atoms with van der Waals surface area (Å²) in [4.78, 5) is 0. The molecule has 2 N–H and O–H groups in total. The molecule has 0 aliphatic rings. The highest BCUT2D eigenvalue weighted by molar-refractivity contribution is 7.89. The van der Waals surface area contributed by atoms with E-state index in [0.717, 1.165) is 0 Å². The van der Waals surface area contributed by atoms with Gasteiger partial charge in [-0.2, -0.15) is 8.78 Å². The van der Waals surface area contributed by atoms with E-state index in [4.69, 9.17) is 5.11 Å². The predicted molar refractivity (Wildman–Crippen MR) is 39.2 cm³/mol. The highest BCUT2D eigenvalue weighted by atomic mass is 32.2. The summed E-state index contributed by atoms with van der Waals surface area (Å²) in [5.41, 5.74) is 0. The van der Waals surface area contributed by atoms with Crippen molar-refractivity contribution in [3.05, 3.63) is 0 Å². The van der Waals surface area contributed by atoms with Crippen molar-refractivity contribution in [2.75, 3.05) is 6.54 Å². The average Bonchev–Trinajstić information content (AvgIpc) is 2.00. The number of sulfonamides is 1. The Balaban J connectivity index is 3.94. The standard InChI is InChI=1S/C5H11F2NO3S/c1-2-4(9)3-8-12(10,11)5(6)7/h4-5,8-9H,2-3H2,1H3. The third-order valence-electron chi connectivity index (χ3n) is 1.23. The number of aliphatic hydroxyl groups is 1. The minimum Gasteiger partial charge on any atom is -0.392 e. The van der Waals surface area contributed by atoms with Gasteiger partial charge in [-0.1, -0.05) is 6.92 Å². The van der Waals surface area contributed by atoms with Crippen LogP contribution in [0.2, 0.25) is 0 Å². The molecular formula is C5H11F2NO3S. The fourth-order valence-electron chi connectivity index (χ4n) is 0.420. The van der Waals surface area contributed by atoms with Crippen LogP contribution in [0.3, 0.4) is 0 Å². The smallest absolute Gasteiger partial charge is 0.350 e. The van der Waals surface area contributed by atoms with Crippen molar-refractivity contribution in [2.45, 2.75) is 25.2 Å². The van der Waals surface area contributed by atoms with Crippen LogP contribution in [0.1, 0.15) is 13.3 Å². The molecule has 0 saturated heterocycles. The molecule has 1 atom stereocenters. The maximum atomic E-state index is 11.6. The fourth-order valence-corrected chi connectivity index (χ4v) is 0.970. The van der Waals surface area contributed by atoms with Gasteiger partial charge in [0.2, 0.25) is 0 Å².